The number of hydrogen-bond acceptors (Lipinski definition) is 2. The van der Waals surface area contributed by atoms with E-state index in [1.807, 2.05) is 13.8 Å². The molecular weight excluding hydrogens is 184 g/mol. The molecule has 0 radical (unpaired) electrons. The van der Waals surface area contributed by atoms with Crippen LogP contribution >= 0.6 is 0 Å². The molecule has 80 valence electrons. The van der Waals surface area contributed by atoms with Crippen molar-refractivity contribution in [2.45, 2.75) is 26.3 Å². The topological polar surface area (TPSA) is 69.6 Å². The Morgan fingerprint density at radius 3 is 2.64 bits per heavy atom. The van der Waals surface area contributed by atoms with E-state index >= 15 is 0 Å². The van der Waals surface area contributed by atoms with Crippen molar-refractivity contribution in [3.8, 4) is 0 Å². The molecular formula is C9H16N2O3. The molecule has 0 aromatic rings. The van der Waals surface area contributed by atoms with Crippen LogP contribution in [0.3, 0.4) is 0 Å². The van der Waals surface area contributed by atoms with Gasteiger partial charge in [0.05, 0.1) is 6.42 Å². The van der Waals surface area contributed by atoms with E-state index in [-0.39, 0.29) is 24.4 Å². The Morgan fingerprint density at radius 2 is 2.29 bits per heavy atom. The maximum absolute atomic E-state index is 11.3. The van der Waals surface area contributed by atoms with Crippen LogP contribution < -0.4 is 5.32 Å². The highest BCUT2D eigenvalue weighted by Gasteiger charge is 2.31. The molecule has 2 N–H and O–H groups in total. The van der Waals surface area contributed by atoms with Crippen LogP contribution in [0, 0.1) is 5.92 Å². The molecule has 5 heteroatoms. The summed E-state index contributed by atoms with van der Waals surface area (Å²) in [6, 6.07) is -0.347. The van der Waals surface area contributed by atoms with Crippen LogP contribution in [0.25, 0.3) is 0 Å². The lowest BCUT2D eigenvalue weighted by Gasteiger charge is -2.28. The number of carboxylic acids is 1. The molecule has 0 bridgehead atoms. The maximum atomic E-state index is 11.3. The van der Waals surface area contributed by atoms with Gasteiger partial charge in [0.25, 0.3) is 0 Å². The smallest absolute Gasteiger partial charge is 0.317 e. The van der Waals surface area contributed by atoms with E-state index in [4.69, 9.17) is 5.11 Å². The van der Waals surface area contributed by atoms with Gasteiger partial charge in [-0.3, -0.25) is 4.79 Å². The first-order valence-corrected chi connectivity index (χ1v) is 4.78. The van der Waals surface area contributed by atoms with Gasteiger partial charge in [-0.1, -0.05) is 13.8 Å². The molecule has 0 aromatic carbocycles. The van der Waals surface area contributed by atoms with Crippen molar-refractivity contribution >= 4 is 12.0 Å². The van der Waals surface area contributed by atoms with E-state index in [1.54, 1.807) is 4.90 Å². The largest absolute Gasteiger partial charge is 0.481 e. The van der Waals surface area contributed by atoms with Crippen molar-refractivity contribution in [1.29, 1.82) is 0 Å². The molecule has 0 spiro atoms. The maximum Gasteiger partial charge on any atom is 0.317 e. The summed E-state index contributed by atoms with van der Waals surface area (Å²) in [4.78, 5) is 23.6. The lowest BCUT2D eigenvalue weighted by Crippen LogP contribution is -2.42. The highest BCUT2D eigenvalue weighted by atomic mass is 16.4. The molecule has 5 nitrogen and oxygen atoms in total. The van der Waals surface area contributed by atoms with Gasteiger partial charge in [0, 0.05) is 19.1 Å². The monoisotopic (exact) mass is 200 g/mol. The van der Waals surface area contributed by atoms with Gasteiger partial charge in [-0.2, -0.15) is 0 Å². The van der Waals surface area contributed by atoms with E-state index < -0.39 is 5.97 Å². The first kappa shape index (κ1) is 10.8. The van der Waals surface area contributed by atoms with Gasteiger partial charge in [-0.25, -0.2) is 4.79 Å². The van der Waals surface area contributed by atoms with E-state index in [0.717, 1.165) is 0 Å². The number of carbonyl (C=O) groups excluding carboxylic acids is 1. The summed E-state index contributed by atoms with van der Waals surface area (Å²) < 4.78 is 0. The number of amides is 2. The Balaban J connectivity index is 2.66. The van der Waals surface area contributed by atoms with Gasteiger partial charge >= 0.3 is 12.0 Å². The molecule has 0 saturated carbocycles. The lowest BCUT2D eigenvalue weighted by molar-refractivity contribution is -0.138. The van der Waals surface area contributed by atoms with Gasteiger partial charge in [-0.05, 0) is 5.92 Å². The molecule has 1 heterocycles. The summed E-state index contributed by atoms with van der Waals surface area (Å²) in [6.45, 7) is 5.08. The fourth-order valence-corrected chi connectivity index (χ4v) is 1.69. The number of aliphatic carboxylic acids is 1. The number of urea groups is 1. The Kier molecular flexibility index (Phi) is 3.33. The molecule has 1 unspecified atom stereocenters. The Bertz CT molecular complexity index is 240. The predicted molar refractivity (Wildman–Crippen MR) is 51.0 cm³/mol. The predicted octanol–water partition coefficient (Wildman–Crippen LogP) is 0.511. The Labute approximate surface area is 83.1 Å². The summed E-state index contributed by atoms with van der Waals surface area (Å²) in [7, 11) is 0. The molecule has 2 amide bonds. The first-order chi connectivity index (χ1) is 6.52. The van der Waals surface area contributed by atoms with Crippen molar-refractivity contribution in [1.82, 2.24) is 10.2 Å². The van der Waals surface area contributed by atoms with Crippen LogP contribution in [-0.4, -0.2) is 41.1 Å². The fourth-order valence-electron chi connectivity index (χ4n) is 1.69. The molecule has 1 aliphatic heterocycles. The number of carbonyl (C=O) groups is 2. The molecule has 0 aliphatic carbocycles. The molecule has 1 aliphatic rings. The normalized spacial score (nSPS) is 18.5. The molecule has 1 saturated heterocycles. The van der Waals surface area contributed by atoms with Crippen LogP contribution in [0.1, 0.15) is 20.3 Å². The van der Waals surface area contributed by atoms with E-state index in [9.17, 15) is 9.59 Å². The van der Waals surface area contributed by atoms with Crippen molar-refractivity contribution < 1.29 is 14.7 Å². The minimum atomic E-state index is -0.858. The standard InChI is InChI=1S/C9H16N2O3/c1-6(2)7(5-8(12)13)11-4-3-10-9(11)14/h6-7H,3-5H2,1-2H3,(H,10,14)(H,12,13). The first-order valence-electron chi connectivity index (χ1n) is 4.78. The van der Waals surface area contributed by atoms with E-state index in [2.05, 4.69) is 5.32 Å². The van der Waals surface area contributed by atoms with Crippen molar-refractivity contribution in [3.05, 3.63) is 0 Å². The van der Waals surface area contributed by atoms with Crippen LogP contribution in [0.2, 0.25) is 0 Å². The fraction of sp³-hybridized carbons (Fsp3) is 0.778. The minimum Gasteiger partial charge on any atom is -0.481 e. The van der Waals surface area contributed by atoms with Crippen molar-refractivity contribution in [3.63, 3.8) is 0 Å². The third-order valence-corrected chi connectivity index (χ3v) is 2.44. The van der Waals surface area contributed by atoms with Crippen LogP contribution in [0.15, 0.2) is 0 Å². The van der Waals surface area contributed by atoms with Gasteiger partial charge in [0.2, 0.25) is 0 Å². The zero-order valence-corrected chi connectivity index (χ0v) is 8.49. The summed E-state index contributed by atoms with van der Waals surface area (Å²) in [5, 5.41) is 11.4. The zero-order valence-electron chi connectivity index (χ0n) is 8.49. The third-order valence-electron chi connectivity index (χ3n) is 2.44. The summed E-state index contributed by atoms with van der Waals surface area (Å²) in [6.07, 6.45) is 0.0189. The van der Waals surface area contributed by atoms with Gasteiger partial charge < -0.3 is 15.3 Å². The van der Waals surface area contributed by atoms with Crippen molar-refractivity contribution in [2.75, 3.05) is 13.1 Å². The molecule has 14 heavy (non-hydrogen) atoms. The van der Waals surface area contributed by atoms with Crippen LogP contribution in [0.5, 0.6) is 0 Å². The Hall–Kier alpha value is -1.26. The van der Waals surface area contributed by atoms with Gasteiger partial charge in [0.1, 0.15) is 0 Å². The second-order valence-corrected chi connectivity index (χ2v) is 3.83. The summed E-state index contributed by atoms with van der Waals surface area (Å²) >= 11 is 0. The van der Waals surface area contributed by atoms with Gasteiger partial charge in [-0.15, -0.1) is 0 Å². The molecule has 1 fully saturated rings. The number of nitrogens with zero attached hydrogens (tertiary/aromatic N) is 1. The quantitative estimate of drug-likeness (QED) is 0.694. The lowest BCUT2D eigenvalue weighted by atomic mass is 9.99. The number of hydrogen-bond donors (Lipinski definition) is 2. The average molecular weight is 200 g/mol. The second-order valence-electron chi connectivity index (χ2n) is 3.83. The second kappa shape index (κ2) is 4.30. The number of carboxylic acid groups (broad SMARTS) is 1. The molecule has 1 rings (SSSR count). The number of rotatable bonds is 4. The Morgan fingerprint density at radius 1 is 1.64 bits per heavy atom. The highest BCUT2D eigenvalue weighted by Crippen LogP contribution is 2.16. The van der Waals surface area contributed by atoms with Crippen molar-refractivity contribution in [2.24, 2.45) is 5.92 Å². The SMILES string of the molecule is CC(C)C(CC(=O)O)N1CCNC1=O. The van der Waals surface area contributed by atoms with Crippen LogP contribution in [0.4, 0.5) is 4.79 Å². The minimum absolute atomic E-state index is 0.0189. The van der Waals surface area contributed by atoms with E-state index in [1.165, 1.54) is 0 Å². The highest BCUT2D eigenvalue weighted by molar-refractivity contribution is 5.77. The zero-order chi connectivity index (χ0) is 10.7. The van der Waals surface area contributed by atoms with E-state index in [0.29, 0.717) is 13.1 Å². The summed E-state index contributed by atoms with van der Waals surface area (Å²) in [5.41, 5.74) is 0. The average Bonchev–Trinajstić information content (AvgIpc) is 2.46. The summed E-state index contributed by atoms with van der Waals surface area (Å²) in [5.74, 6) is -0.696. The number of nitrogens with one attached hydrogen (secondary N) is 1. The van der Waals surface area contributed by atoms with Gasteiger partial charge in [0.15, 0.2) is 0 Å². The third kappa shape index (κ3) is 2.37. The molecule has 1 atom stereocenters. The van der Waals surface area contributed by atoms with Crippen LogP contribution in [-0.2, 0) is 4.79 Å². The molecule has 0 aromatic heterocycles.